The molecule has 3 aromatic rings. The second kappa shape index (κ2) is 10.4. The second-order valence-electron chi connectivity index (χ2n) is 8.13. The molecule has 1 aliphatic heterocycles. The van der Waals surface area contributed by atoms with Crippen molar-refractivity contribution in [1.82, 2.24) is 0 Å². The topological polar surface area (TPSA) is 18.5 Å². The van der Waals surface area contributed by atoms with Crippen molar-refractivity contribution in [3.63, 3.8) is 0 Å². The summed E-state index contributed by atoms with van der Waals surface area (Å²) in [5, 5.41) is -0.0317. The van der Waals surface area contributed by atoms with Gasteiger partial charge in [-0.15, -0.1) is 6.58 Å². The monoisotopic (exact) mass is 472 g/mol. The van der Waals surface area contributed by atoms with Gasteiger partial charge in [0.2, 0.25) is 0 Å². The molecule has 0 unspecified atom stereocenters. The Balaban J connectivity index is 1.46. The number of ether oxygens (including phenoxy) is 2. The minimum Gasteiger partial charge on any atom is -0.352 e. The normalized spacial score (nSPS) is 17.9. The van der Waals surface area contributed by atoms with Gasteiger partial charge in [-0.05, 0) is 54.1 Å². The van der Waals surface area contributed by atoms with Crippen LogP contribution in [-0.4, -0.2) is 19.5 Å². The number of allylic oxidation sites excluding steroid dienone is 1. The second-order valence-corrected chi connectivity index (χ2v) is 8.13. The van der Waals surface area contributed by atoms with Crippen molar-refractivity contribution in [3.05, 3.63) is 94.8 Å². The molecule has 0 atom stereocenters. The van der Waals surface area contributed by atoms with Gasteiger partial charge in [0.1, 0.15) is 11.6 Å². The van der Waals surface area contributed by atoms with Crippen LogP contribution in [0.4, 0.5) is 22.0 Å². The molecule has 1 fully saturated rings. The lowest BCUT2D eigenvalue weighted by molar-refractivity contribution is -0.201. The minimum absolute atomic E-state index is 0.0856. The molecular formula is C27H21F5O2. The van der Waals surface area contributed by atoms with Crippen molar-refractivity contribution >= 4 is 10.8 Å². The zero-order valence-corrected chi connectivity index (χ0v) is 18.1. The Kier molecular flexibility index (Phi) is 7.30. The fourth-order valence-electron chi connectivity index (χ4n) is 3.81. The quantitative estimate of drug-likeness (QED) is 0.184. The first-order valence-corrected chi connectivity index (χ1v) is 10.8. The highest BCUT2D eigenvalue weighted by Gasteiger charge is 2.21. The van der Waals surface area contributed by atoms with Gasteiger partial charge in [0, 0.05) is 23.3 Å². The van der Waals surface area contributed by atoms with Crippen LogP contribution in [0.25, 0.3) is 10.8 Å². The lowest BCUT2D eigenvalue weighted by Crippen LogP contribution is -2.32. The third kappa shape index (κ3) is 5.30. The first-order chi connectivity index (χ1) is 16.4. The number of aryl methyl sites for hydroxylation is 1. The number of benzene rings is 3. The molecule has 176 valence electrons. The van der Waals surface area contributed by atoms with Crippen LogP contribution < -0.4 is 0 Å². The van der Waals surface area contributed by atoms with E-state index in [0.717, 1.165) is 12.5 Å². The van der Waals surface area contributed by atoms with E-state index in [2.05, 4.69) is 18.4 Å². The summed E-state index contributed by atoms with van der Waals surface area (Å²) in [5.74, 6) is -0.545. The average Bonchev–Trinajstić information content (AvgIpc) is 2.82. The number of rotatable bonds is 5. The van der Waals surface area contributed by atoms with E-state index >= 15 is 0 Å². The maximum Gasteiger partial charge on any atom is 0.195 e. The molecule has 7 heteroatoms. The molecule has 1 aliphatic rings. The predicted molar refractivity (Wildman–Crippen MR) is 118 cm³/mol. The Hall–Kier alpha value is -3.21. The molecule has 1 heterocycles. The molecule has 0 amide bonds. The average molecular weight is 472 g/mol. The van der Waals surface area contributed by atoms with Crippen LogP contribution >= 0.6 is 0 Å². The van der Waals surface area contributed by atoms with Crippen molar-refractivity contribution in [3.8, 4) is 11.8 Å². The van der Waals surface area contributed by atoms with Crippen LogP contribution in [0, 0.1) is 46.8 Å². The lowest BCUT2D eigenvalue weighted by atomic mass is 10.0. The van der Waals surface area contributed by atoms with Gasteiger partial charge in [-0.2, -0.15) is 0 Å². The maximum atomic E-state index is 14.6. The van der Waals surface area contributed by atoms with Gasteiger partial charge in [-0.3, -0.25) is 0 Å². The van der Waals surface area contributed by atoms with Gasteiger partial charge in [-0.1, -0.05) is 24.0 Å². The maximum absolute atomic E-state index is 14.6. The van der Waals surface area contributed by atoms with Crippen molar-refractivity contribution in [2.75, 3.05) is 13.2 Å². The molecule has 0 spiro atoms. The molecule has 0 saturated carbocycles. The Morgan fingerprint density at radius 2 is 1.59 bits per heavy atom. The summed E-state index contributed by atoms with van der Waals surface area (Å²) in [7, 11) is 0. The van der Waals surface area contributed by atoms with Crippen LogP contribution in [0.2, 0.25) is 0 Å². The van der Waals surface area contributed by atoms with Gasteiger partial charge < -0.3 is 9.47 Å². The minimum atomic E-state index is -1.56. The molecule has 2 nitrogen and oxygen atoms in total. The third-order valence-corrected chi connectivity index (χ3v) is 5.61. The molecule has 0 aromatic heterocycles. The molecule has 3 aromatic carbocycles. The van der Waals surface area contributed by atoms with E-state index in [-0.39, 0.29) is 22.3 Å². The Morgan fingerprint density at radius 1 is 0.882 bits per heavy atom. The van der Waals surface area contributed by atoms with Gasteiger partial charge in [-0.25, -0.2) is 22.0 Å². The molecule has 0 radical (unpaired) electrons. The van der Waals surface area contributed by atoms with E-state index in [0.29, 0.717) is 31.6 Å². The first kappa shape index (κ1) is 23.9. The number of hydrogen-bond donors (Lipinski definition) is 0. The Labute approximate surface area is 194 Å². The van der Waals surface area contributed by atoms with Crippen molar-refractivity contribution in [1.29, 1.82) is 0 Å². The Morgan fingerprint density at radius 3 is 2.26 bits per heavy atom. The summed E-state index contributed by atoms with van der Waals surface area (Å²) >= 11 is 0. The lowest BCUT2D eigenvalue weighted by Gasteiger charge is -2.28. The van der Waals surface area contributed by atoms with Crippen molar-refractivity contribution in [2.45, 2.75) is 25.6 Å². The van der Waals surface area contributed by atoms with Crippen LogP contribution in [0.15, 0.2) is 49.1 Å². The first-order valence-electron chi connectivity index (χ1n) is 10.8. The zero-order chi connectivity index (χ0) is 24.2. The summed E-state index contributed by atoms with van der Waals surface area (Å²) in [6, 6.07) is 7.19. The highest BCUT2D eigenvalue weighted by molar-refractivity contribution is 5.84. The largest absolute Gasteiger partial charge is 0.352 e. The van der Waals surface area contributed by atoms with Crippen LogP contribution in [0.1, 0.15) is 29.5 Å². The van der Waals surface area contributed by atoms with E-state index in [4.69, 9.17) is 9.47 Å². The molecule has 1 saturated heterocycles. The van der Waals surface area contributed by atoms with Gasteiger partial charge in [0.25, 0.3) is 0 Å². The van der Waals surface area contributed by atoms with E-state index in [1.165, 1.54) is 30.3 Å². The summed E-state index contributed by atoms with van der Waals surface area (Å²) in [5.41, 5.74) is 0.291. The van der Waals surface area contributed by atoms with Crippen molar-refractivity contribution < 1.29 is 31.4 Å². The van der Waals surface area contributed by atoms with Crippen LogP contribution in [-0.2, 0) is 15.9 Å². The Bertz CT molecular complexity index is 1260. The predicted octanol–water partition coefficient (Wildman–Crippen LogP) is 6.43. The smallest absolute Gasteiger partial charge is 0.195 e. The SMILES string of the molecule is C=CCC1COC(CCc2cc(F)c(C#Cc3ccc4c(F)c(F)c(F)cc4c3)c(F)c2)OC1. The van der Waals surface area contributed by atoms with E-state index in [9.17, 15) is 22.0 Å². The third-order valence-electron chi connectivity index (χ3n) is 5.61. The summed E-state index contributed by atoms with van der Waals surface area (Å²) < 4.78 is 81.1. The van der Waals surface area contributed by atoms with Crippen LogP contribution in [0.3, 0.4) is 0 Å². The summed E-state index contributed by atoms with van der Waals surface area (Å²) in [6.45, 7) is 4.80. The highest BCUT2D eigenvalue weighted by Crippen LogP contribution is 2.24. The van der Waals surface area contributed by atoms with E-state index < -0.39 is 40.9 Å². The molecule has 0 aliphatic carbocycles. The molecule has 0 N–H and O–H groups in total. The van der Waals surface area contributed by atoms with E-state index in [1.807, 2.05) is 6.08 Å². The fourth-order valence-corrected chi connectivity index (χ4v) is 3.81. The van der Waals surface area contributed by atoms with Gasteiger partial charge in [0.15, 0.2) is 23.7 Å². The highest BCUT2D eigenvalue weighted by atomic mass is 19.2. The van der Waals surface area contributed by atoms with Gasteiger partial charge >= 0.3 is 0 Å². The fraction of sp³-hybridized carbons (Fsp3) is 0.259. The number of halogens is 5. The standard InChI is InChI=1S/C27H21F5O2/c1-2-3-18-14-33-25(34-15-18)9-6-17-11-22(28)21(23(29)12-17)8-5-16-4-7-20-19(10-16)13-24(30)27(32)26(20)31/h2,4,7,10-13,18,25H,1,3,6,9,14-15H2. The van der Waals surface area contributed by atoms with Crippen LogP contribution in [0.5, 0.6) is 0 Å². The molecule has 0 bridgehead atoms. The van der Waals surface area contributed by atoms with Gasteiger partial charge in [0.05, 0.1) is 18.8 Å². The molecular weight excluding hydrogens is 451 g/mol. The van der Waals surface area contributed by atoms with E-state index in [1.54, 1.807) is 0 Å². The molecule has 4 rings (SSSR count). The number of fused-ring (bicyclic) bond motifs is 1. The van der Waals surface area contributed by atoms with Crippen molar-refractivity contribution in [2.24, 2.45) is 5.92 Å². The zero-order valence-electron chi connectivity index (χ0n) is 18.1. The summed E-state index contributed by atoms with van der Waals surface area (Å²) in [4.78, 5) is 0. The number of hydrogen-bond acceptors (Lipinski definition) is 2. The summed E-state index contributed by atoms with van der Waals surface area (Å²) in [6.07, 6.45) is 3.00. The molecule has 34 heavy (non-hydrogen) atoms.